The highest BCUT2D eigenvalue weighted by atomic mass is 16.5. The summed E-state index contributed by atoms with van der Waals surface area (Å²) in [6, 6.07) is 5.37. The van der Waals surface area contributed by atoms with Gasteiger partial charge in [-0.3, -0.25) is 4.79 Å². The Balaban J connectivity index is 1.71. The summed E-state index contributed by atoms with van der Waals surface area (Å²) in [7, 11) is 4.64. The molecule has 1 atom stereocenters. The maximum Gasteiger partial charge on any atom is 0.339 e. The van der Waals surface area contributed by atoms with Crippen LogP contribution in [0.2, 0.25) is 0 Å². The molecule has 1 aromatic heterocycles. The summed E-state index contributed by atoms with van der Waals surface area (Å²) in [5.74, 6) is 1.94. The van der Waals surface area contributed by atoms with Crippen LogP contribution >= 0.6 is 0 Å². The van der Waals surface area contributed by atoms with Crippen LogP contribution in [0.4, 0.5) is 0 Å². The van der Waals surface area contributed by atoms with Gasteiger partial charge in [-0.2, -0.15) is 0 Å². The number of carbonyl (C=O) groups is 1. The highest BCUT2D eigenvalue weighted by Gasteiger charge is 2.34. The number of rotatable bonds is 4. The molecule has 2 heterocycles. The summed E-state index contributed by atoms with van der Waals surface area (Å²) in [5.41, 5.74) is 3.83. The van der Waals surface area contributed by atoms with E-state index in [2.05, 4.69) is 0 Å². The Morgan fingerprint density at radius 2 is 1.62 bits per heavy atom. The van der Waals surface area contributed by atoms with Gasteiger partial charge in [0.15, 0.2) is 17.3 Å². The molecule has 32 heavy (non-hydrogen) atoms. The van der Waals surface area contributed by atoms with Gasteiger partial charge in [-0.1, -0.05) is 0 Å². The van der Waals surface area contributed by atoms with Gasteiger partial charge >= 0.3 is 5.63 Å². The van der Waals surface area contributed by atoms with Crippen molar-refractivity contribution < 1.29 is 28.2 Å². The lowest BCUT2D eigenvalue weighted by Gasteiger charge is -2.29. The summed E-state index contributed by atoms with van der Waals surface area (Å²) >= 11 is 0. The van der Waals surface area contributed by atoms with Crippen molar-refractivity contribution >= 4 is 16.8 Å². The fraction of sp³-hybridized carbons (Fsp3) is 0.360. The zero-order valence-corrected chi connectivity index (χ0v) is 18.5. The molecule has 0 saturated heterocycles. The first-order chi connectivity index (χ1) is 15.5. The Morgan fingerprint density at radius 3 is 2.28 bits per heavy atom. The molecule has 2 aromatic carbocycles. The van der Waals surface area contributed by atoms with Gasteiger partial charge in [0.05, 0.1) is 38.7 Å². The van der Waals surface area contributed by atoms with Crippen LogP contribution in [0.15, 0.2) is 27.4 Å². The van der Waals surface area contributed by atoms with E-state index < -0.39 is 6.10 Å². The molecule has 3 aromatic rings. The quantitative estimate of drug-likeness (QED) is 0.563. The number of carbonyl (C=O) groups excluding carboxylic acids is 1. The topological polar surface area (TPSA) is 84.2 Å². The Bertz CT molecular complexity index is 1290. The highest BCUT2D eigenvalue weighted by Crippen LogP contribution is 2.47. The summed E-state index contributed by atoms with van der Waals surface area (Å²) in [4.78, 5) is 25.7. The lowest BCUT2D eigenvalue weighted by molar-refractivity contribution is 0.0851. The van der Waals surface area contributed by atoms with E-state index in [1.807, 2.05) is 6.92 Å². The zero-order chi connectivity index (χ0) is 22.6. The molecule has 166 valence electrons. The highest BCUT2D eigenvalue weighted by molar-refractivity contribution is 6.07. The van der Waals surface area contributed by atoms with Gasteiger partial charge in [0, 0.05) is 11.1 Å². The van der Waals surface area contributed by atoms with Crippen molar-refractivity contribution in [1.82, 2.24) is 0 Å². The first-order valence-electron chi connectivity index (χ1n) is 10.6. The van der Waals surface area contributed by atoms with Crippen molar-refractivity contribution in [3.05, 3.63) is 56.4 Å². The van der Waals surface area contributed by atoms with Gasteiger partial charge < -0.3 is 23.4 Å². The van der Waals surface area contributed by atoms with E-state index >= 15 is 0 Å². The summed E-state index contributed by atoms with van der Waals surface area (Å²) in [5, 5.41) is 0.739. The molecule has 0 fully saturated rings. The summed E-state index contributed by atoms with van der Waals surface area (Å²) in [6.45, 7) is 1.84. The molecule has 1 unspecified atom stereocenters. The van der Waals surface area contributed by atoms with Gasteiger partial charge in [-0.05, 0) is 55.5 Å². The second kappa shape index (κ2) is 7.58. The predicted molar refractivity (Wildman–Crippen MR) is 118 cm³/mol. The predicted octanol–water partition coefficient (Wildman–Crippen LogP) is 4.32. The Kier molecular flexibility index (Phi) is 4.84. The van der Waals surface area contributed by atoms with Crippen LogP contribution in [0, 0.1) is 6.92 Å². The van der Waals surface area contributed by atoms with E-state index in [-0.39, 0.29) is 17.8 Å². The van der Waals surface area contributed by atoms with E-state index in [1.165, 1.54) is 0 Å². The van der Waals surface area contributed by atoms with Crippen molar-refractivity contribution in [2.45, 2.75) is 38.7 Å². The molecule has 0 radical (unpaired) electrons. The second-order valence-corrected chi connectivity index (χ2v) is 8.16. The first kappa shape index (κ1) is 20.4. The molecule has 0 N–H and O–H groups in total. The molecular formula is C25H24O7. The number of fused-ring (bicyclic) bond motifs is 5. The van der Waals surface area contributed by atoms with Crippen molar-refractivity contribution in [2.24, 2.45) is 0 Å². The van der Waals surface area contributed by atoms with E-state index in [4.69, 9.17) is 23.4 Å². The van der Waals surface area contributed by atoms with Gasteiger partial charge in [0.2, 0.25) is 5.75 Å². The van der Waals surface area contributed by atoms with Gasteiger partial charge in [-0.15, -0.1) is 0 Å². The van der Waals surface area contributed by atoms with Crippen LogP contribution in [0.1, 0.15) is 51.6 Å². The maximum absolute atomic E-state index is 13.3. The van der Waals surface area contributed by atoms with Crippen LogP contribution in [0.25, 0.3) is 11.0 Å². The minimum atomic E-state index is -0.544. The lowest BCUT2D eigenvalue weighted by atomic mass is 9.90. The van der Waals surface area contributed by atoms with E-state index in [9.17, 15) is 9.59 Å². The molecule has 0 spiro atoms. The molecule has 0 saturated carbocycles. The molecule has 5 rings (SSSR count). The number of methoxy groups -OCH3 is 3. The van der Waals surface area contributed by atoms with Crippen molar-refractivity contribution in [1.29, 1.82) is 0 Å². The van der Waals surface area contributed by atoms with Crippen molar-refractivity contribution in [3.8, 4) is 23.0 Å². The third kappa shape index (κ3) is 2.95. The third-order valence-electron chi connectivity index (χ3n) is 6.38. The average Bonchev–Trinajstić information content (AvgIpc) is 3.28. The molecule has 7 heteroatoms. The number of benzene rings is 2. The number of ketones is 1. The SMILES string of the molecule is COc1cc(C2CC(=O)c3c(C)cc4oc(=O)c5c(c4c3O2)CCC5)cc(OC)c1OC. The Labute approximate surface area is 184 Å². The minimum absolute atomic E-state index is 0.0117. The van der Waals surface area contributed by atoms with E-state index in [1.54, 1.807) is 39.5 Å². The average molecular weight is 436 g/mol. The molecule has 1 aliphatic heterocycles. The summed E-state index contributed by atoms with van der Waals surface area (Å²) < 4.78 is 28.5. The van der Waals surface area contributed by atoms with Crippen LogP contribution in [0.5, 0.6) is 23.0 Å². The van der Waals surface area contributed by atoms with E-state index in [0.29, 0.717) is 46.1 Å². The Hall–Kier alpha value is -3.48. The molecular weight excluding hydrogens is 412 g/mol. The van der Waals surface area contributed by atoms with E-state index in [0.717, 1.165) is 34.9 Å². The summed E-state index contributed by atoms with van der Waals surface area (Å²) in [6.07, 6.45) is 1.96. The monoisotopic (exact) mass is 436 g/mol. The van der Waals surface area contributed by atoms with Crippen LogP contribution < -0.4 is 24.6 Å². The smallest absolute Gasteiger partial charge is 0.339 e. The minimum Gasteiger partial charge on any atom is -0.493 e. The van der Waals surface area contributed by atoms with Gasteiger partial charge in [0.25, 0.3) is 0 Å². The maximum atomic E-state index is 13.3. The fourth-order valence-corrected chi connectivity index (χ4v) is 4.92. The first-order valence-corrected chi connectivity index (χ1v) is 10.6. The number of aryl methyl sites for hydroxylation is 2. The normalized spacial score (nSPS) is 17.0. The number of hydrogen-bond donors (Lipinski definition) is 0. The van der Waals surface area contributed by atoms with Crippen LogP contribution in [-0.2, 0) is 12.8 Å². The van der Waals surface area contributed by atoms with Crippen LogP contribution in [0.3, 0.4) is 0 Å². The van der Waals surface area contributed by atoms with Crippen LogP contribution in [-0.4, -0.2) is 27.1 Å². The Morgan fingerprint density at radius 1 is 0.938 bits per heavy atom. The standard InChI is InChI=1S/C25H24O7/c1-12-8-18-22(14-6-5-7-15(14)25(27)32-18)24-21(12)16(26)11-17(31-24)13-9-19(28-2)23(30-4)20(10-13)29-3/h8-10,17H,5-7,11H2,1-4H3. The van der Waals surface area contributed by atoms with Gasteiger partial charge in [-0.25, -0.2) is 4.79 Å². The molecule has 1 aliphatic carbocycles. The molecule has 2 aliphatic rings. The van der Waals surface area contributed by atoms with Crippen molar-refractivity contribution in [3.63, 3.8) is 0 Å². The number of hydrogen-bond acceptors (Lipinski definition) is 7. The third-order valence-corrected chi connectivity index (χ3v) is 6.38. The van der Waals surface area contributed by atoms with Gasteiger partial charge in [0.1, 0.15) is 17.4 Å². The lowest BCUT2D eigenvalue weighted by Crippen LogP contribution is -2.22. The zero-order valence-electron chi connectivity index (χ0n) is 18.5. The molecule has 0 bridgehead atoms. The second-order valence-electron chi connectivity index (χ2n) is 8.16. The fourth-order valence-electron chi connectivity index (χ4n) is 4.92. The largest absolute Gasteiger partial charge is 0.493 e. The molecule has 7 nitrogen and oxygen atoms in total. The number of ether oxygens (including phenoxy) is 4. The van der Waals surface area contributed by atoms with Crippen molar-refractivity contribution in [2.75, 3.05) is 21.3 Å². The molecule has 0 amide bonds. The number of Topliss-reactive ketones (excluding diaryl/α,β-unsaturated/α-hetero) is 1.